The van der Waals surface area contributed by atoms with E-state index in [9.17, 15) is 19.5 Å². The molecule has 260 valence electrons. The monoisotopic (exact) mass is 669 g/mol. The lowest BCUT2D eigenvalue weighted by Gasteiger charge is -2.43. The molecule has 1 unspecified atom stereocenters. The minimum atomic E-state index is -0.960. The normalized spacial score (nSPS) is 27.6. The second kappa shape index (κ2) is 14.1. The Morgan fingerprint density at radius 1 is 0.915 bits per heavy atom. The Labute approximate surface area is 286 Å². The third-order valence-corrected chi connectivity index (χ3v) is 11.3. The van der Waals surface area contributed by atoms with Crippen molar-refractivity contribution in [3.63, 3.8) is 0 Å². The van der Waals surface area contributed by atoms with E-state index in [2.05, 4.69) is 44.5 Å². The van der Waals surface area contributed by atoms with Gasteiger partial charge in [-0.2, -0.15) is 0 Å². The fraction of sp³-hybridized carbons (Fsp3) is 0.703. The van der Waals surface area contributed by atoms with Crippen LogP contribution in [0.4, 0.5) is 0 Å². The number of rotatable bonds is 7. The lowest BCUT2D eigenvalue weighted by molar-refractivity contribution is -0.149. The van der Waals surface area contributed by atoms with Crippen molar-refractivity contribution in [1.29, 1.82) is 0 Å². The summed E-state index contributed by atoms with van der Waals surface area (Å²) in [4.78, 5) is 53.7. The standard InChI is InChI=1S/C37H56ClN5O4/c1-25-8-14-28(15-9-25)43(35(47)37(5,6)24-44)29-20-32(34(46)40-18-16-39(7)17-19-40)42(21-29)33(45)31-23-41(36(2,3)4)22-30(31)26-10-12-27(38)13-11-26/h10-13,23,25,28-30,32,44H,8-9,14-22,24H2,1-7H3/t25?,28?,29-,30?,32-/m1/s1. The Morgan fingerprint density at radius 2 is 1.53 bits per heavy atom. The van der Waals surface area contributed by atoms with Crippen molar-refractivity contribution in [1.82, 2.24) is 24.5 Å². The van der Waals surface area contributed by atoms with E-state index in [1.165, 1.54) is 0 Å². The second-order valence-corrected chi connectivity index (χ2v) is 16.6. The van der Waals surface area contributed by atoms with E-state index in [0.717, 1.165) is 44.3 Å². The van der Waals surface area contributed by atoms with Crippen LogP contribution in [0.1, 0.15) is 85.1 Å². The van der Waals surface area contributed by atoms with E-state index in [1.54, 1.807) is 18.7 Å². The maximum absolute atomic E-state index is 14.9. The van der Waals surface area contributed by atoms with Crippen LogP contribution in [-0.4, -0.2) is 124 Å². The molecule has 3 fully saturated rings. The van der Waals surface area contributed by atoms with Gasteiger partial charge in [0.05, 0.1) is 18.1 Å². The van der Waals surface area contributed by atoms with Crippen molar-refractivity contribution in [2.24, 2.45) is 11.3 Å². The summed E-state index contributed by atoms with van der Waals surface area (Å²) < 4.78 is 0. The number of likely N-dealkylation sites (tertiary alicyclic amines) is 1. The van der Waals surface area contributed by atoms with Gasteiger partial charge in [0, 0.05) is 73.6 Å². The highest BCUT2D eigenvalue weighted by molar-refractivity contribution is 6.30. The number of nitrogens with zero attached hydrogens (tertiary/aromatic N) is 5. The van der Waals surface area contributed by atoms with Gasteiger partial charge in [-0.1, -0.05) is 30.7 Å². The summed E-state index contributed by atoms with van der Waals surface area (Å²) in [6, 6.07) is 6.74. The molecule has 0 spiro atoms. The molecule has 3 heterocycles. The van der Waals surface area contributed by atoms with Gasteiger partial charge in [-0.3, -0.25) is 14.4 Å². The SMILES string of the molecule is CC1CCC(N(C(=O)C(C)(C)CO)[C@@H]2C[C@H](C(=O)N3CCN(C)CC3)N(C(=O)C3=CN(C(C)(C)C)CC3c3ccc(Cl)cc3)C2)CC1. The Morgan fingerprint density at radius 3 is 2.11 bits per heavy atom. The lowest BCUT2D eigenvalue weighted by atomic mass is 9.83. The second-order valence-electron chi connectivity index (χ2n) is 16.2. The van der Waals surface area contributed by atoms with Gasteiger partial charge in [-0.05, 0) is 97.4 Å². The van der Waals surface area contributed by atoms with E-state index < -0.39 is 11.5 Å². The molecule has 0 aromatic heterocycles. The smallest absolute Gasteiger partial charge is 0.252 e. The Bertz CT molecular complexity index is 1320. The maximum Gasteiger partial charge on any atom is 0.252 e. The summed E-state index contributed by atoms with van der Waals surface area (Å²) in [6.45, 7) is 15.7. The number of hydrogen-bond donors (Lipinski definition) is 1. The molecule has 5 rings (SSSR count). The van der Waals surface area contributed by atoms with Crippen LogP contribution in [0.3, 0.4) is 0 Å². The third kappa shape index (κ3) is 7.67. The topological polar surface area (TPSA) is 87.6 Å². The van der Waals surface area contributed by atoms with Gasteiger partial charge in [0.15, 0.2) is 0 Å². The molecule has 10 heteroatoms. The minimum Gasteiger partial charge on any atom is -0.395 e. The number of aliphatic hydroxyl groups is 1. The zero-order valence-corrected chi connectivity index (χ0v) is 30.3. The van der Waals surface area contributed by atoms with Crippen molar-refractivity contribution in [3.05, 3.63) is 46.6 Å². The third-order valence-electron chi connectivity index (χ3n) is 11.1. The number of halogens is 1. The molecule has 1 N–H and O–H groups in total. The van der Waals surface area contributed by atoms with E-state index in [-0.39, 0.29) is 47.9 Å². The van der Waals surface area contributed by atoms with Crippen LogP contribution < -0.4 is 0 Å². The maximum atomic E-state index is 14.9. The van der Waals surface area contributed by atoms with Crippen LogP contribution in [0.15, 0.2) is 36.0 Å². The fourth-order valence-corrected chi connectivity index (χ4v) is 7.83. The quantitative estimate of drug-likeness (QED) is 0.457. The largest absolute Gasteiger partial charge is 0.395 e. The van der Waals surface area contributed by atoms with Crippen molar-refractivity contribution in [2.75, 3.05) is 52.9 Å². The minimum absolute atomic E-state index is 0.0212. The molecule has 0 bridgehead atoms. The summed E-state index contributed by atoms with van der Waals surface area (Å²) in [7, 11) is 2.06. The molecule has 2 saturated heterocycles. The number of benzene rings is 1. The fourth-order valence-electron chi connectivity index (χ4n) is 7.70. The van der Waals surface area contributed by atoms with Crippen LogP contribution in [-0.2, 0) is 14.4 Å². The van der Waals surface area contributed by atoms with E-state index in [1.807, 2.05) is 40.3 Å². The molecular formula is C37H56ClN5O4. The number of amides is 3. The predicted molar refractivity (Wildman–Crippen MR) is 186 cm³/mol. The number of aliphatic hydroxyl groups excluding tert-OH is 1. The van der Waals surface area contributed by atoms with Crippen LogP contribution in [0.25, 0.3) is 0 Å². The molecule has 1 aromatic rings. The Balaban J connectivity index is 1.52. The van der Waals surface area contributed by atoms with Crippen LogP contribution in [0, 0.1) is 11.3 Å². The number of carbonyl (C=O) groups excluding carboxylic acids is 3. The van der Waals surface area contributed by atoms with E-state index in [0.29, 0.717) is 49.1 Å². The van der Waals surface area contributed by atoms with Gasteiger partial charge in [-0.15, -0.1) is 0 Å². The van der Waals surface area contributed by atoms with Crippen molar-refractivity contribution in [3.8, 4) is 0 Å². The van der Waals surface area contributed by atoms with Gasteiger partial charge in [0.2, 0.25) is 11.8 Å². The molecule has 1 aliphatic carbocycles. The number of carbonyl (C=O) groups is 3. The summed E-state index contributed by atoms with van der Waals surface area (Å²) in [6.07, 6.45) is 6.24. The summed E-state index contributed by atoms with van der Waals surface area (Å²) in [5, 5.41) is 10.9. The zero-order chi connectivity index (χ0) is 34.3. The predicted octanol–water partition coefficient (Wildman–Crippen LogP) is 4.59. The van der Waals surface area contributed by atoms with Gasteiger partial charge >= 0.3 is 0 Å². The van der Waals surface area contributed by atoms with Crippen molar-refractivity contribution in [2.45, 2.75) is 103 Å². The first-order valence-electron chi connectivity index (χ1n) is 17.6. The average Bonchev–Trinajstić information content (AvgIpc) is 3.68. The molecule has 3 amide bonds. The highest BCUT2D eigenvalue weighted by atomic mass is 35.5. The van der Waals surface area contributed by atoms with Crippen molar-refractivity contribution >= 4 is 29.3 Å². The summed E-state index contributed by atoms with van der Waals surface area (Å²) in [5.41, 5.74) is 0.514. The number of hydrogen-bond acceptors (Lipinski definition) is 6. The molecule has 47 heavy (non-hydrogen) atoms. The molecule has 9 nitrogen and oxygen atoms in total. The average molecular weight is 670 g/mol. The highest BCUT2D eigenvalue weighted by Crippen LogP contribution is 2.40. The van der Waals surface area contributed by atoms with Crippen LogP contribution in [0.5, 0.6) is 0 Å². The Kier molecular flexibility index (Phi) is 10.7. The molecule has 3 atom stereocenters. The first-order valence-corrected chi connectivity index (χ1v) is 17.9. The van der Waals surface area contributed by atoms with Crippen LogP contribution in [0.2, 0.25) is 5.02 Å². The van der Waals surface area contributed by atoms with Crippen LogP contribution >= 0.6 is 11.6 Å². The first-order chi connectivity index (χ1) is 22.1. The molecule has 1 saturated carbocycles. The van der Waals surface area contributed by atoms with Gasteiger partial charge in [0.25, 0.3) is 5.91 Å². The van der Waals surface area contributed by atoms with Gasteiger partial charge in [-0.25, -0.2) is 0 Å². The van der Waals surface area contributed by atoms with Gasteiger partial charge < -0.3 is 29.6 Å². The number of piperazine rings is 1. The molecule has 3 aliphatic heterocycles. The van der Waals surface area contributed by atoms with E-state index >= 15 is 0 Å². The zero-order valence-electron chi connectivity index (χ0n) is 29.5. The van der Waals surface area contributed by atoms with Crippen molar-refractivity contribution < 1.29 is 19.5 Å². The molecular weight excluding hydrogens is 614 g/mol. The molecule has 0 radical (unpaired) electrons. The summed E-state index contributed by atoms with van der Waals surface area (Å²) >= 11 is 6.25. The number of likely N-dealkylation sites (N-methyl/N-ethyl adjacent to an activating group) is 1. The first kappa shape index (κ1) is 35.7. The lowest BCUT2D eigenvalue weighted by Crippen LogP contribution is -2.54. The van der Waals surface area contributed by atoms with Gasteiger partial charge in [0.1, 0.15) is 6.04 Å². The molecule has 1 aromatic carbocycles. The molecule has 4 aliphatic rings. The van der Waals surface area contributed by atoms with E-state index in [4.69, 9.17) is 11.6 Å². The summed E-state index contributed by atoms with van der Waals surface area (Å²) in [5.74, 6) is 0.158. The Hall–Kier alpha value is -2.62. The highest BCUT2D eigenvalue weighted by Gasteiger charge is 2.50.